The molecule has 2 aliphatic rings. The van der Waals surface area contributed by atoms with Gasteiger partial charge in [-0.15, -0.1) is 0 Å². The van der Waals surface area contributed by atoms with Gasteiger partial charge in [-0.1, -0.05) is 24.3 Å². The Morgan fingerprint density at radius 3 is 1.85 bits per heavy atom. The lowest BCUT2D eigenvalue weighted by molar-refractivity contribution is 0.0217. The van der Waals surface area contributed by atoms with E-state index in [1.165, 1.54) is 11.1 Å². The van der Waals surface area contributed by atoms with Gasteiger partial charge in [-0.05, 0) is 17.5 Å². The van der Waals surface area contributed by atoms with Crippen LogP contribution in [0.15, 0.2) is 24.3 Å². The van der Waals surface area contributed by atoms with Gasteiger partial charge in [0.1, 0.15) is 0 Å². The van der Waals surface area contributed by atoms with E-state index in [1.807, 2.05) is 12.1 Å². The number of fused-ring (bicyclic) bond motifs is 5. The number of rotatable bonds is 0. The highest BCUT2D eigenvalue weighted by molar-refractivity contribution is 5.43. The van der Waals surface area contributed by atoms with E-state index in [0.717, 1.165) is 6.42 Å². The maximum Gasteiger partial charge on any atom is 0.0873 e. The second kappa shape index (κ2) is 2.34. The molecule has 2 nitrogen and oxygen atoms in total. The third-order valence-corrected chi connectivity index (χ3v) is 3.48. The average Bonchev–Trinajstić information content (AvgIpc) is 2.66. The zero-order valence-electron chi connectivity index (χ0n) is 7.22. The zero-order chi connectivity index (χ0) is 9.00. The number of aliphatic hydroxyl groups excluding tert-OH is 2. The van der Waals surface area contributed by atoms with Crippen molar-refractivity contribution in [2.45, 2.75) is 30.5 Å². The van der Waals surface area contributed by atoms with E-state index in [2.05, 4.69) is 12.1 Å². The molecule has 0 unspecified atom stereocenters. The van der Waals surface area contributed by atoms with Crippen LogP contribution in [0.5, 0.6) is 0 Å². The van der Waals surface area contributed by atoms with Gasteiger partial charge in [0.05, 0.1) is 12.2 Å². The Bertz CT molecular complexity index is 315. The molecular weight excluding hydrogens is 164 g/mol. The monoisotopic (exact) mass is 176 g/mol. The SMILES string of the molecule is O[C@@H]1[C@@H](O)[C@H]2C[C@H]1c1ccccc12. The molecule has 1 fully saturated rings. The first-order chi connectivity index (χ1) is 6.29. The Morgan fingerprint density at radius 2 is 1.38 bits per heavy atom. The maximum absolute atomic E-state index is 9.68. The van der Waals surface area contributed by atoms with E-state index in [-0.39, 0.29) is 11.8 Å². The molecule has 0 spiro atoms. The van der Waals surface area contributed by atoms with E-state index < -0.39 is 12.2 Å². The minimum Gasteiger partial charge on any atom is -0.390 e. The van der Waals surface area contributed by atoms with Crippen LogP contribution >= 0.6 is 0 Å². The third kappa shape index (κ3) is 0.798. The topological polar surface area (TPSA) is 40.5 Å². The van der Waals surface area contributed by atoms with E-state index in [9.17, 15) is 10.2 Å². The highest BCUT2D eigenvalue weighted by atomic mass is 16.3. The van der Waals surface area contributed by atoms with Gasteiger partial charge in [-0.3, -0.25) is 0 Å². The molecule has 2 bridgehead atoms. The van der Waals surface area contributed by atoms with Crippen LogP contribution in [0.1, 0.15) is 29.4 Å². The minimum atomic E-state index is -0.542. The second-order valence-corrected chi connectivity index (χ2v) is 4.06. The van der Waals surface area contributed by atoms with Crippen molar-refractivity contribution in [2.75, 3.05) is 0 Å². The molecule has 3 rings (SSSR count). The summed E-state index contributed by atoms with van der Waals surface area (Å²) in [6.07, 6.45) is -0.165. The summed E-state index contributed by atoms with van der Waals surface area (Å²) in [4.78, 5) is 0. The smallest absolute Gasteiger partial charge is 0.0873 e. The Hall–Kier alpha value is -0.860. The first-order valence-electron chi connectivity index (χ1n) is 4.74. The van der Waals surface area contributed by atoms with Crippen molar-refractivity contribution >= 4 is 0 Å². The molecule has 0 saturated heterocycles. The van der Waals surface area contributed by atoms with Gasteiger partial charge < -0.3 is 10.2 Å². The molecule has 2 heteroatoms. The first kappa shape index (κ1) is 7.54. The number of hydrogen-bond acceptors (Lipinski definition) is 2. The van der Waals surface area contributed by atoms with E-state index in [4.69, 9.17) is 0 Å². The lowest BCUT2D eigenvalue weighted by atomic mass is 9.88. The van der Waals surface area contributed by atoms with Crippen molar-refractivity contribution in [3.05, 3.63) is 35.4 Å². The number of aliphatic hydroxyl groups is 2. The van der Waals surface area contributed by atoms with Crippen LogP contribution < -0.4 is 0 Å². The largest absolute Gasteiger partial charge is 0.390 e. The Labute approximate surface area is 76.8 Å². The van der Waals surface area contributed by atoms with Crippen LogP contribution in [0.25, 0.3) is 0 Å². The van der Waals surface area contributed by atoms with E-state index in [0.29, 0.717) is 0 Å². The summed E-state index contributed by atoms with van der Waals surface area (Å²) in [5, 5.41) is 19.4. The maximum atomic E-state index is 9.68. The quantitative estimate of drug-likeness (QED) is 0.619. The molecule has 1 aromatic carbocycles. The number of hydrogen-bond donors (Lipinski definition) is 2. The van der Waals surface area contributed by atoms with Crippen molar-refractivity contribution in [3.63, 3.8) is 0 Å². The lowest BCUT2D eigenvalue weighted by Gasteiger charge is -2.24. The van der Waals surface area contributed by atoms with Crippen molar-refractivity contribution in [2.24, 2.45) is 0 Å². The molecule has 2 N–H and O–H groups in total. The van der Waals surface area contributed by atoms with Gasteiger partial charge in [0.15, 0.2) is 0 Å². The fourth-order valence-corrected chi connectivity index (χ4v) is 2.84. The van der Waals surface area contributed by atoms with Crippen molar-refractivity contribution < 1.29 is 10.2 Å². The van der Waals surface area contributed by atoms with Crippen molar-refractivity contribution in [1.82, 2.24) is 0 Å². The summed E-state index contributed by atoms with van der Waals surface area (Å²) in [5.41, 5.74) is 2.48. The van der Waals surface area contributed by atoms with Gasteiger partial charge >= 0.3 is 0 Å². The van der Waals surface area contributed by atoms with Gasteiger partial charge in [0.25, 0.3) is 0 Å². The van der Waals surface area contributed by atoms with Crippen LogP contribution in [-0.2, 0) is 0 Å². The molecule has 0 aromatic heterocycles. The first-order valence-corrected chi connectivity index (χ1v) is 4.74. The van der Waals surface area contributed by atoms with Crippen molar-refractivity contribution in [1.29, 1.82) is 0 Å². The molecular formula is C11H12O2. The molecule has 13 heavy (non-hydrogen) atoms. The van der Waals surface area contributed by atoms with Gasteiger partial charge in [-0.25, -0.2) is 0 Å². The summed E-state index contributed by atoms with van der Waals surface area (Å²) in [7, 11) is 0. The van der Waals surface area contributed by atoms with Crippen molar-refractivity contribution in [3.8, 4) is 0 Å². The Balaban J connectivity index is 2.16. The average molecular weight is 176 g/mol. The Morgan fingerprint density at radius 1 is 0.923 bits per heavy atom. The summed E-state index contributed by atoms with van der Waals surface area (Å²) < 4.78 is 0. The molecule has 68 valence electrons. The molecule has 0 radical (unpaired) electrons. The number of benzene rings is 1. The molecule has 0 amide bonds. The standard InChI is InChI=1S/C11H12O2/c12-10-8-5-9(11(10)13)7-4-2-1-3-6(7)8/h1-4,8-13H,5H2/t8-,9-,10-,11-/m0/s1. The lowest BCUT2D eigenvalue weighted by Crippen LogP contribution is -2.30. The highest BCUT2D eigenvalue weighted by Crippen LogP contribution is 2.52. The molecule has 0 heterocycles. The zero-order valence-corrected chi connectivity index (χ0v) is 7.22. The predicted molar refractivity (Wildman–Crippen MR) is 48.6 cm³/mol. The van der Waals surface area contributed by atoms with Gasteiger partial charge in [0, 0.05) is 11.8 Å². The van der Waals surface area contributed by atoms with Crippen LogP contribution in [0.2, 0.25) is 0 Å². The van der Waals surface area contributed by atoms with Crippen LogP contribution in [0, 0.1) is 0 Å². The summed E-state index contributed by atoms with van der Waals surface area (Å²) in [6, 6.07) is 8.13. The Kier molecular flexibility index (Phi) is 1.35. The molecule has 1 saturated carbocycles. The van der Waals surface area contributed by atoms with Gasteiger partial charge in [-0.2, -0.15) is 0 Å². The molecule has 1 aromatic rings. The summed E-state index contributed by atoms with van der Waals surface area (Å²) in [6.45, 7) is 0. The molecule has 2 aliphatic carbocycles. The third-order valence-electron chi connectivity index (χ3n) is 3.48. The molecule has 0 aliphatic heterocycles. The minimum absolute atomic E-state index is 0.177. The fourth-order valence-electron chi connectivity index (χ4n) is 2.84. The van der Waals surface area contributed by atoms with Gasteiger partial charge in [0.2, 0.25) is 0 Å². The molecule has 4 atom stereocenters. The highest BCUT2D eigenvalue weighted by Gasteiger charge is 2.49. The van der Waals surface area contributed by atoms with E-state index >= 15 is 0 Å². The van der Waals surface area contributed by atoms with Crippen LogP contribution in [0.3, 0.4) is 0 Å². The summed E-state index contributed by atoms with van der Waals surface area (Å²) >= 11 is 0. The fraction of sp³-hybridized carbons (Fsp3) is 0.455. The van der Waals surface area contributed by atoms with Crippen LogP contribution in [-0.4, -0.2) is 22.4 Å². The normalized spacial score (nSPS) is 40.8. The van der Waals surface area contributed by atoms with Crippen LogP contribution in [0.4, 0.5) is 0 Å². The second-order valence-electron chi connectivity index (χ2n) is 4.06. The predicted octanol–water partition coefficient (Wildman–Crippen LogP) is 0.993. The summed E-state index contributed by atoms with van der Waals surface area (Å²) in [5.74, 6) is 0.354. The van der Waals surface area contributed by atoms with E-state index in [1.54, 1.807) is 0 Å².